The van der Waals surface area contributed by atoms with E-state index >= 15 is 0 Å². The van der Waals surface area contributed by atoms with Gasteiger partial charge in [-0.05, 0) is 28.9 Å². The number of halogens is 4. The largest absolute Gasteiger partial charge is 0.417 e. The monoisotopic (exact) mass is 398 g/mol. The van der Waals surface area contributed by atoms with Gasteiger partial charge < -0.3 is 0 Å². The van der Waals surface area contributed by atoms with Crippen LogP contribution in [0.25, 0.3) is 0 Å². The molecule has 1 N–H and O–H groups in total. The van der Waals surface area contributed by atoms with Crippen molar-refractivity contribution in [2.24, 2.45) is 7.05 Å². The van der Waals surface area contributed by atoms with Crippen molar-refractivity contribution in [3.63, 3.8) is 0 Å². The smallest absolute Gasteiger partial charge is 0.262 e. The van der Waals surface area contributed by atoms with E-state index in [9.17, 15) is 21.6 Å². The van der Waals surface area contributed by atoms with Crippen molar-refractivity contribution >= 4 is 31.8 Å². The highest BCUT2D eigenvalue weighted by molar-refractivity contribution is 9.10. The second-order valence-electron chi connectivity index (χ2n) is 4.41. The second-order valence-corrected chi connectivity index (χ2v) is 6.86. The molecular weight excluding hydrogens is 389 g/mol. The number of alkyl halides is 3. The average molecular weight is 399 g/mol. The lowest BCUT2D eigenvalue weighted by Gasteiger charge is -2.12. The van der Waals surface area contributed by atoms with Crippen LogP contribution in [0.5, 0.6) is 0 Å². The Labute approximate surface area is 132 Å². The predicted octanol–water partition coefficient (Wildman–Crippen LogP) is 2.71. The van der Waals surface area contributed by atoms with Crippen LogP contribution in [0.1, 0.15) is 11.1 Å². The van der Waals surface area contributed by atoms with Gasteiger partial charge in [0.25, 0.3) is 10.0 Å². The number of anilines is 1. The van der Waals surface area contributed by atoms with E-state index in [1.807, 2.05) is 4.72 Å². The Morgan fingerprint density at radius 3 is 2.45 bits per heavy atom. The van der Waals surface area contributed by atoms with E-state index in [1.165, 1.54) is 20.2 Å². The topological polar surface area (TPSA) is 76.9 Å². The summed E-state index contributed by atoms with van der Waals surface area (Å²) in [7, 11) is -2.69. The van der Waals surface area contributed by atoms with Crippen molar-refractivity contribution in [3.05, 3.63) is 34.1 Å². The molecule has 0 aromatic carbocycles. The van der Waals surface area contributed by atoms with Gasteiger partial charge in [-0.15, -0.1) is 0 Å². The van der Waals surface area contributed by atoms with Crippen LogP contribution in [-0.2, 0) is 23.2 Å². The highest BCUT2D eigenvalue weighted by Gasteiger charge is 2.34. The number of aromatic nitrogens is 3. The molecule has 6 nitrogen and oxygen atoms in total. The molecule has 2 aromatic heterocycles. The van der Waals surface area contributed by atoms with Crippen LogP contribution in [0.15, 0.2) is 28.0 Å². The molecule has 0 fully saturated rings. The molecule has 0 spiro atoms. The first-order chi connectivity index (χ1) is 10.0. The summed E-state index contributed by atoms with van der Waals surface area (Å²) in [4.78, 5) is 3.64. The summed E-state index contributed by atoms with van der Waals surface area (Å²) in [5.74, 6) is -0.434. The van der Waals surface area contributed by atoms with Gasteiger partial charge in [-0.2, -0.15) is 26.7 Å². The molecule has 0 saturated carbocycles. The standard InChI is InChI=1S/C11H10BrF3N4O2S/c1-6-4-17-19(2)10(6)22(20,21)18-9-3-7(11(13,14)15)8(12)5-16-9/h3-5H,1-2H3,(H,16,18). The molecule has 120 valence electrons. The summed E-state index contributed by atoms with van der Waals surface area (Å²) in [6.45, 7) is 1.53. The van der Waals surface area contributed by atoms with Gasteiger partial charge in [0.05, 0.1) is 11.8 Å². The van der Waals surface area contributed by atoms with Crippen molar-refractivity contribution in [1.82, 2.24) is 14.8 Å². The fourth-order valence-corrected chi connectivity index (χ4v) is 3.62. The van der Waals surface area contributed by atoms with E-state index < -0.39 is 27.6 Å². The number of nitrogens with zero attached hydrogens (tertiary/aromatic N) is 3. The summed E-state index contributed by atoms with van der Waals surface area (Å²) in [5, 5.41) is 3.64. The fourth-order valence-electron chi connectivity index (χ4n) is 1.82. The molecule has 2 rings (SSSR count). The van der Waals surface area contributed by atoms with Gasteiger partial charge >= 0.3 is 6.18 Å². The minimum atomic E-state index is -4.63. The number of nitrogens with one attached hydrogen (secondary N) is 1. The van der Waals surface area contributed by atoms with E-state index in [0.717, 1.165) is 10.9 Å². The average Bonchev–Trinajstić information content (AvgIpc) is 2.70. The van der Waals surface area contributed by atoms with Gasteiger partial charge in [0.15, 0.2) is 5.03 Å². The number of pyridine rings is 1. The molecule has 11 heteroatoms. The Kier molecular flexibility index (Phi) is 4.22. The lowest BCUT2D eigenvalue weighted by atomic mass is 10.2. The van der Waals surface area contributed by atoms with Gasteiger partial charge in [-0.25, -0.2) is 4.98 Å². The Bertz CT molecular complexity index is 798. The number of sulfonamides is 1. The van der Waals surface area contributed by atoms with Crippen LogP contribution < -0.4 is 4.72 Å². The SMILES string of the molecule is Cc1cnn(C)c1S(=O)(=O)Nc1cc(C(F)(F)F)c(Br)cn1. The molecule has 0 aliphatic heterocycles. The quantitative estimate of drug-likeness (QED) is 0.861. The van der Waals surface area contributed by atoms with Crippen molar-refractivity contribution in [3.8, 4) is 0 Å². The number of hydrogen-bond acceptors (Lipinski definition) is 4. The molecule has 0 aliphatic carbocycles. The third-order valence-corrected chi connectivity index (χ3v) is 4.92. The fraction of sp³-hybridized carbons (Fsp3) is 0.273. The van der Waals surface area contributed by atoms with Crippen molar-refractivity contribution in [2.45, 2.75) is 18.1 Å². The molecule has 0 saturated heterocycles. The minimum Gasteiger partial charge on any atom is -0.262 e. The predicted molar refractivity (Wildman–Crippen MR) is 75.7 cm³/mol. The third kappa shape index (κ3) is 3.24. The van der Waals surface area contributed by atoms with Crippen molar-refractivity contribution < 1.29 is 21.6 Å². The van der Waals surface area contributed by atoms with Gasteiger partial charge in [0.2, 0.25) is 0 Å². The molecule has 0 aliphatic rings. The third-order valence-electron chi connectivity index (χ3n) is 2.71. The van der Waals surface area contributed by atoms with Gasteiger partial charge in [0.1, 0.15) is 5.82 Å². The first kappa shape index (κ1) is 16.7. The minimum absolute atomic E-state index is 0.147. The van der Waals surface area contributed by atoms with Gasteiger partial charge in [-0.3, -0.25) is 9.40 Å². The Morgan fingerprint density at radius 2 is 1.95 bits per heavy atom. The molecule has 2 heterocycles. The molecule has 0 atom stereocenters. The van der Waals surface area contributed by atoms with Gasteiger partial charge in [-0.1, -0.05) is 0 Å². The Morgan fingerprint density at radius 1 is 1.32 bits per heavy atom. The Hall–Kier alpha value is -1.62. The zero-order chi connectivity index (χ0) is 16.7. The first-order valence-corrected chi connectivity index (χ1v) is 8.04. The lowest BCUT2D eigenvalue weighted by molar-refractivity contribution is -0.138. The van der Waals surface area contributed by atoms with E-state index in [0.29, 0.717) is 11.6 Å². The van der Waals surface area contributed by atoms with Crippen LogP contribution in [-0.4, -0.2) is 23.2 Å². The molecule has 22 heavy (non-hydrogen) atoms. The van der Waals surface area contributed by atoms with Crippen molar-refractivity contribution in [1.29, 1.82) is 0 Å². The first-order valence-electron chi connectivity index (χ1n) is 5.76. The lowest BCUT2D eigenvalue weighted by Crippen LogP contribution is -2.19. The maximum absolute atomic E-state index is 12.8. The molecular formula is C11H10BrF3N4O2S. The number of hydrogen-bond donors (Lipinski definition) is 1. The summed E-state index contributed by atoms with van der Waals surface area (Å²) < 4.78 is 65.8. The molecule has 0 bridgehead atoms. The Balaban J connectivity index is 2.43. The van der Waals surface area contributed by atoms with E-state index in [2.05, 4.69) is 26.0 Å². The van der Waals surface area contributed by atoms with Crippen LogP contribution >= 0.6 is 15.9 Å². The summed E-state index contributed by atoms with van der Waals surface area (Å²) >= 11 is 2.73. The maximum atomic E-state index is 12.8. The highest BCUT2D eigenvalue weighted by Crippen LogP contribution is 2.35. The summed E-state index contributed by atoms with van der Waals surface area (Å²) in [6.07, 6.45) is -2.41. The maximum Gasteiger partial charge on any atom is 0.417 e. The number of rotatable bonds is 3. The van der Waals surface area contributed by atoms with Gasteiger partial charge in [0, 0.05) is 23.3 Å². The van der Waals surface area contributed by atoms with Crippen LogP contribution in [0, 0.1) is 6.92 Å². The van der Waals surface area contributed by atoms with E-state index in [-0.39, 0.29) is 9.50 Å². The summed E-state index contributed by atoms with van der Waals surface area (Å²) in [6, 6.07) is 0.618. The molecule has 2 aromatic rings. The van der Waals surface area contributed by atoms with Crippen LogP contribution in [0.2, 0.25) is 0 Å². The molecule has 0 unspecified atom stereocenters. The molecule has 0 amide bonds. The molecule has 0 radical (unpaired) electrons. The van der Waals surface area contributed by atoms with Crippen LogP contribution in [0.4, 0.5) is 19.0 Å². The number of aryl methyl sites for hydroxylation is 2. The van der Waals surface area contributed by atoms with Crippen LogP contribution in [0.3, 0.4) is 0 Å². The summed E-state index contributed by atoms with van der Waals surface area (Å²) in [5.41, 5.74) is -0.662. The van der Waals surface area contributed by atoms with E-state index in [1.54, 1.807) is 0 Å². The van der Waals surface area contributed by atoms with E-state index in [4.69, 9.17) is 0 Å². The zero-order valence-corrected chi connectivity index (χ0v) is 13.7. The second kappa shape index (κ2) is 5.54. The van der Waals surface area contributed by atoms with Crippen molar-refractivity contribution in [2.75, 3.05) is 4.72 Å². The normalized spacial score (nSPS) is 12.5. The highest BCUT2D eigenvalue weighted by atomic mass is 79.9. The zero-order valence-electron chi connectivity index (χ0n) is 11.3.